The molecule has 1 N–H and O–H groups in total. The molecule has 1 aromatic heterocycles. The van der Waals surface area contributed by atoms with Gasteiger partial charge in [-0.2, -0.15) is 5.26 Å². The maximum Gasteiger partial charge on any atom is 0.259 e. The Bertz CT molecular complexity index is 728. The smallest absolute Gasteiger partial charge is 0.259 e. The van der Waals surface area contributed by atoms with Crippen LogP contribution in [0, 0.1) is 11.3 Å². The Hall–Kier alpha value is -2.17. The second-order valence-electron chi connectivity index (χ2n) is 4.01. The van der Waals surface area contributed by atoms with Crippen molar-refractivity contribution in [1.82, 2.24) is 14.3 Å². The van der Waals surface area contributed by atoms with Crippen molar-refractivity contribution >= 4 is 10.0 Å². The Morgan fingerprint density at radius 1 is 1.47 bits per heavy atom. The molecule has 0 saturated heterocycles. The van der Waals surface area contributed by atoms with E-state index < -0.39 is 10.0 Å². The first kappa shape index (κ1) is 13.3. The molecule has 0 unspecified atom stereocenters. The number of aromatic nitrogens is 2. The summed E-state index contributed by atoms with van der Waals surface area (Å²) in [5, 5.41) is 8.75. The van der Waals surface area contributed by atoms with Crippen LogP contribution in [-0.4, -0.2) is 18.0 Å². The van der Waals surface area contributed by atoms with Crippen LogP contribution < -0.4 is 4.72 Å². The molecule has 0 saturated carbocycles. The highest BCUT2D eigenvalue weighted by Gasteiger charge is 2.16. The van der Waals surface area contributed by atoms with Gasteiger partial charge in [-0.3, -0.25) is 0 Å². The summed E-state index contributed by atoms with van der Waals surface area (Å²) in [5.41, 5.74) is 1.22. The molecule has 1 aromatic carbocycles. The van der Waals surface area contributed by atoms with E-state index in [0.717, 1.165) is 5.56 Å². The van der Waals surface area contributed by atoms with Crippen molar-refractivity contribution in [3.05, 3.63) is 47.9 Å². The van der Waals surface area contributed by atoms with E-state index in [1.165, 1.54) is 12.5 Å². The Balaban J connectivity index is 2.12. The van der Waals surface area contributed by atoms with Crippen LogP contribution in [0.4, 0.5) is 0 Å². The maximum atomic E-state index is 11.9. The lowest BCUT2D eigenvalue weighted by atomic mass is 10.1. The van der Waals surface area contributed by atoms with E-state index in [4.69, 9.17) is 5.26 Å². The summed E-state index contributed by atoms with van der Waals surface area (Å²) >= 11 is 0. The summed E-state index contributed by atoms with van der Waals surface area (Å²) in [7, 11) is -1.93. The van der Waals surface area contributed by atoms with Crippen LogP contribution in [-0.2, 0) is 23.6 Å². The molecule has 2 rings (SSSR count). The molecule has 0 bridgehead atoms. The molecule has 0 amide bonds. The van der Waals surface area contributed by atoms with Crippen molar-refractivity contribution in [3.63, 3.8) is 0 Å². The first-order chi connectivity index (χ1) is 9.01. The van der Waals surface area contributed by atoms with Gasteiger partial charge in [-0.1, -0.05) is 12.1 Å². The molecule has 19 heavy (non-hydrogen) atoms. The summed E-state index contributed by atoms with van der Waals surface area (Å²) in [5.74, 6) is 0. The van der Waals surface area contributed by atoms with Crippen molar-refractivity contribution in [1.29, 1.82) is 5.26 Å². The summed E-state index contributed by atoms with van der Waals surface area (Å²) in [6, 6.07) is 8.77. The van der Waals surface area contributed by atoms with Crippen LogP contribution in [0.2, 0.25) is 0 Å². The predicted octanol–water partition coefficient (Wildman–Crippen LogP) is 0.770. The number of aryl methyl sites for hydroxylation is 1. The summed E-state index contributed by atoms with van der Waals surface area (Å²) < 4.78 is 27.8. The van der Waals surface area contributed by atoms with Crippen molar-refractivity contribution in [2.24, 2.45) is 7.05 Å². The molecular weight excluding hydrogens is 264 g/mol. The SMILES string of the molecule is Cn1cnc(S(=O)(=O)NCc2cccc(C#N)c2)c1. The number of benzene rings is 1. The minimum Gasteiger partial charge on any atom is -0.339 e. The highest BCUT2D eigenvalue weighted by molar-refractivity contribution is 7.89. The van der Waals surface area contributed by atoms with Crippen molar-refractivity contribution < 1.29 is 8.42 Å². The summed E-state index contributed by atoms with van der Waals surface area (Å²) in [6.45, 7) is 0.119. The van der Waals surface area contributed by atoms with Crippen LogP contribution in [0.1, 0.15) is 11.1 Å². The third-order valence-corrected chi connectivity index (χ3v) is 3.76. The Labute approximate surface area is 111 Å². The lowest BCUT2D eigenvalue weighted by Gasteiger charge is -2.04. The predicted molar refractivity (Wildman–Crippen MR) is 68.4 cm³/mol. The number of nitrogens with zero attached hydrogens (tertiary/aromatic N) is 3. The highest BCUT2D eigenvalue weighted by atomic mass is 32.2. The fraction of sp³-hybridized carbons (Fsp3) is 0.167. The number of rotatable bonds is 4. The number of nitrogens with one attached hydrogen (secondary N) is 1. The summed E-state index contributed by atoms with van der Waals surface area (Å²) in [6.07, 6.45) is 2.85. The van der Waals surface area contributed by atoms with Crippen molar-refractivity contribution in [2.45, 2.75) is 11.6 Å². The van der Waals surface area contributed by atoms with E-state index in [9.17, 15) is 8.42 Å². The van der Waals surface area contributed by atoms with Gasteiger partial charge in [0.15, 0.2) is 5.03 Å². The zero-order valence-electron chi connectivity index (χ0n) is 10.2. The van der Waals surface area contributed by atoms with Crippen LogP contribution in [0.5, 0.6) is 0 Å². The molecule has 0 aliphatic heterocycles. The molecule has 7 heteroatoms. The molecule has 0 aliphatic carbocycles. The molecule has 0 aliphatic rings. The third-order valence-electron chi connectivity index (χ3n) is 2.48. The van der Waals surface area contributed by atoms with E-state index in [1.807, 2.05) is 6.07 Å². The van der Waals surface area contributed by atoms with Gasteiger partial charge in [0, 0.05) is 19.8 Å². The third kappa shape index (κ3) is 3.19. The minimum atomic E-state index is -3.62. The minimum absolute atomic E-state index is 0.0218. The van der Waals surface area contributed by atoms with Crippen molar-refractivity contribution in [2.75, 3.05) is 0 Å². The second kappa shape index (κ2) is 5.22. The fourth-order valence-electron chi connectivity index (χ4n) is 1.53. The largest absolute Gasteiger partial charge is 0.339 e. The van der Waals surface area contributed by atoms with Gasteiger partial charge >= 0.3 is 0 Å². The average molecular weight is 276 g/mol. The lowest BCUT2D eigenvalue weighted by Crippen LogP contribution is -2.23. The topological polar surface area (TPSA) is 87.8 Å². The van der Waals surface area contributed by atoms with Gasteiger partial charge in [-0.15, -0.1) is 0 Å². The summed E-state index contributed by atoms with van der Waals surface area (Å²) in [4.78, 5) is 3.79. The second-order valence-corrected chi connectivity index (χ2v) is 5.73. The Morgan fingerprint density at radius 3 is 2.89 bits per heavy atom. The van der Waals surface area contributed by atoms with Crippen LogP contribution >= 0.6 is 0 Å². The molecule has 0 spiro atoms. The van der Waals surface area contributed by atoms with Gasteiger partial charge in [0.1, 0.15) is 0 Å². The standard InChI is InChI=1S/C12H12N4O2S/c1-16-8-12(14-9-16)19(17,18)15-7-11-4-2-3-10(5-11)6-13/h2-5,8-9,15H,7H2,1H3. The Morgan fingerprint density at radius 2 is 2.26 bits per heavy atom. The van der Waals surface area contributed by atoms with E-state index >= 15 is 0 Å². The molecule has 0 radical (unpaired) electrons. The van der Waals surface area contributed by atoms with Gasteiger partial charge in [0.25, 0.3) is 10.0 Å². The molecule has 6 nitrogen and oxygen atoms in total. The normalized spacial score (nSPS) is 11.2. The van der Waals surface area contributed by atoms with Crippen LogP contribution in [0.25, 0.3) is 0 Å². The first-order valence-corrected chi connectivity index (χ1v) is 6.96. The molecule has 1 heterocycles. The van der Waals surface area contributed by atoms with E-state index in [2.05, 4.69) is 9.71 Å². The van der Waals surface area contributed by atoms with Gasteiger partial charge in [0.2, 0.25) is 0 Å². The average Bonchev–Trinajstić information content (AvgIpc) is 2.84. The van der Waals surface area contributed by atoms with E-state index in [1.54, 1.807) is 35.9 Å². The molecule has 2 aromatic rings. The van der Waals surface area contributed by atoms with Crippen LogP contribution in [0.15, 0.2) is 41.8 Å². The number of nitriles is 1. The zero-order chi connectivity index (χ0) is 13.9. The molecular formula is C12H12N4O2S. The zero-order valence-corrected chi connectivity index (χ0v) is 11.1. The lowest BCUT2D eigenvalue weighted by molar-refractivity contribution is 0.578. The number of sulfonamides is 1. The van der Waals surface area contributed by atoms with E-state index in [-0.39, 0.29) is 11.6 Å². The quantitative estimate of drug-likeness (QED) is 0.893. The molecule has 0 fully saturated rings. The van der Waals surface area contributed by atoms with Gasteiger partial charge < -0.3 is 4.57 Å². The number of hydrogen-bond donors (Lipinski definition) is 1. The highest BCUT2D eigenvalue weighted by Crippen LogP contribution is 2.07. The fourth-order valence-corrected chi connectivity index (χ4v) is 2.53. The molecule has 98 valence electrons. The van der Waals surface area contributed by atoms with Gasteiger partial charge in [-0.25, -0.2) is 18.1 Å². The van der Waals surface area contributed by atoms with Gasteiger partial charge in [0.05, 0.1) is 18.0 Å². The first-order valence-electron chi connectivity index (χ1n) is 5.48. The maximum absolute atomic E-state index is 11.9. The molecule has 0 atom stereocenters. The van der Waals surface area contributed by atoms with E-state index in [0.29, 0.717) is 5.56 Å². The number of hydrogen-bond acceptors (Lipinski definition) is 4. The Kier molecular flexibility index (Phi) is 3.64. The monoisotopic (exact) mass is 276 g/mol. The van der Waals surface area contributed by atoms with Gasteiger partial charge in [-0.05, 0) is 17.7 Å². The number of imidazole rings is 1. The van der Waals surface area contributed by atoms with Crippen molar-refractivity contribution in [3.8, 4) is 6.07 Å². The van der Waals surface area contributed by atoms with Crippen LogP contribution in [0.3, 0.4) is 0 Å².